The number of halogens is 1. The average molecular weight is 414 g/mol. The quantitative estimate of drug-likeness (QED) is 0.733. The molecular formula is C16H16BrNO5S. The van der Waals surface area contributed by atoms with Crippen molar-refractivity contribution in [3.05, 3.63) is 58.1 Å². The Bertz CT molecular complexity index is 834. The second kappa shape index (κ2) is 7.78. The Balaban J connectivity index is 2.01. The third kappa shape index (κ3) is 4.80. The van der Waals surface area contributed by atoms with Crippen molar-refractivity contribution < 1.29 is 22.7 Å². The van der Waals surface area contributed by atoms with Crippen molar-refractivity contribution in [1.29, 1.82) is 0 Å². The van der Waals surface area contributed by atoms with Gasteiger partial charge < -0.3 is 9.47 Å². The first-order valence-electron chi connectivity index (χ1n) is 6.93. The Hall–Kier alpha value is -1.90. The number of carbonyl (C=O) groups is 1. The highest BCUT2D eigenvalue weighted by Crippen LogP contribution is 2.21. The summed E-state index contributed by atoms with van der Waals surface area (Å²) in [6.07, 6.45) is 0.530. The van der Waals surface area contributed by atoms with E-state index >= 15 is 0 Å². The largest absolute Gasteiger partial charge is 0.497 e. The molecular weight excluding hydrogens is 398 g/mol. The van der Waals surface area contributed by atoms with E-state index in [1.165, 1.54) is 18.2 Å². The molecule has 8 heteroatoms. The molecule has 2 rings (SSSR count). The van der Waals surface area contributed by atoms with Gasteiger partial charge in [-0.2, -0.15) is 0 Å². The van der Waals surface area contributed by atoms with Crippen LogP contribution in [0.4, 0.5) is 0 Å². The molecule has 0 unspecified atom stereocenters. The SMILES string of the molecule is COc1ccc(CCOC(=O)c2cc(S(N)(=O)=O)ccc2Br)cc1. The molecule has 0 saturated heterocycles. The minimum Gasteiger partial charge on any atom is -0.497 e. The highest BCUT2D eigenvalue weighted by atomic mass is 79.9. The number of carbonyl (C=O) groups excluding carboxylic acids is 1. The number of ether oxygens (including phenoxy) is 2. The molecule has 0 saturated carbocycles. The van der Waals surface area contributed by atoms with Gasteiger partial charge in [-0.25, -0.2) is 18.4 Å². The van der Waals surface area contributed by atoms with Crippen molar-refractivity contribution in [3.8, 4) is 5.75 Å². The minimum atomic E-state index is -3.89. The first-order chi connectivity index (χ1) is 11.3. The Morgan fingerprint density at radius 2 is 1.83 bits per heavy atom. The van der Waals surface area contributed by atoms with Crippen molar-refractivity contribution in [2.24, 2.45) is 5.14 Å². The van der Waals surface area contributed by atoms with Gasteiger partial charge in [0.25, 0.3) is 0 Å². The van der Waals surface area contributed by atoms with Gasteiger partial charge in [0.2, 0.25) is 10.0 Å². The Kier molecular flexibility index (Phi) is 5.98. The van der Waals surface area contributed by atoms with Gasteiger partial charge in [0.15, 0.2) is 0 Å². The lowest BCUT2D eigenvalue weighted by molar-refractivity contribution is 0.0508. The van der Waals surface area contributed by atoms with Gasteiger partial charge in [0.05, 0.1) is 24.2 Å². The number of rotatable bonds is 6. The van der Waals surface area contributed by atoms with Gasteiger partial charge in [0.1, 0.15) is 5.75 Å². The van der Waals surface area contributed by atoms with Crippen LogP contribution in [0.5, 0.6) is 5.75 Å². The maximum Gasteiger partial charge on any atom is 0.339 e. The highest BCUT2D eigenvalue weighted by Gasteiger charge is 2.16. The second-order valence-corrected chi connectivity index (χ2v) is 7.34. The molecule has 0 atom stereocenters. The summed E-state index contributed by atoms with van der Waals surface area (Å²) in [6, 6.07) is 11.4. The fraction of sp³-hybridized carbons (Fsp3) is 0.188. The molecule has 0 radical (unpaired) electrons. The third-order valence-corrected chi connectivity index (χ3v) is 4.87. The second-order valence-electron chi connectivity index (χ2n) is 4.92. The number of hydrogen-bond donors (Lipinski definition) is 1. The summed E-state index contributed by atoms with van der Waals surface area (Å²) in [5.41, 5.74) is 1.09. The summed E-state index contributed by atoms with van der Waals surface area (Å²) in [5.74, 6) is 0.125. The van der Waals surface area contributed by atoms with Crippen molar-refractivity contribution in [2.75, 3.05) is 13.7 Å². The van der Waals surface area contributed by atoms with Crippen LogP contribution in [0.1, 0.15) is 15.9 Å². The van der Waals surface area contributed by atoms with Crippen molar-refractivity contribution in [1.82, 2.24) is 0 Å². The first-order valence-corrected chi connectivity index (χ1v) is 9.27. The van der Waals surface area contributed by atoms with Crippen LogP contribution < -0.4 is 9.88 Å². The average Bonchev–Trinajstić information content (AvgIpc) is 2.54. The number of esters is 1. The molecule has 24 heavy (non-hydrogen) atoms. The summed E-state index contributed by atoms with van der Waals surface area (Å²) in [6.45, 7) is 0.164. The molecule has 2 aromatic rings. The van der Waals surface area contributed by atoms with E-state index in [1.54, 1.807) is 7.11 Å². The Morgan fingerprint density at radius 1 is 1.17 bits per heavy atom. The van der Waals surface area contributed by atoms with E-state index in [1.807, 2.05) is 24.3 Å². The maximum atomic E-state index is 12.1. The molecule has 0 bridgehead atoms. The van der Waals surface area contributed by atoms with E-state index in [-0.39, 0.29) is 17.1 Å². The van der Waals surface area contributed by atoms with E-state index in [0.29, 0.717) is 10.9 Å². The maximum absolute atomic E-state index is 12.1. The molecule has 128 valence electrons. The summed E-state index contributed by atoms with van der Waals surface area (Å²) >= 11 is 3.20. The van der Waals surface area contributed by atoms with Gasteiger partial charge in [-0.05, 0) is 51.8 Å². The summed E-state index contributed by atoms with van der Waals surface area (Å²) < 4.78 is 33.4. The van der Waals surface area contributed by atoms with Crippen LogP contribution in [0.25, 0.3) is 0 Å². The fourth-order valence-corrected chi connectivity index (χ4v) is 2.92. The lowest BCUT2D eigenvalue weighted by Crippen LogP contribution is -2.14. The minimum absolute atomic E-state index is 0.108. The predicted octanol–water partition coefficient (Wildman–Crippen LogP) is 2.50. The third-order valence-electron chi connectivity index (χ3n) is 3.27. The zero-order valence-electron chi connectivity index (χ0n) is 12.9. The van der Waals surface area contributed by atoms with Crippen LogP contribution in [-0.4, -0.2) is 28.1 Å². The number of nitrogens with two attached hydrogens (primary N) is 1. The zero-order valence-corrected chi connectivity index (χ0v) is 15.3. The Labute approximate surface area is 148 Å². The monoisotopic (exact) mass is 413 g/mol. The number of sulfonamides is 1. The van der Waals surface area contributed by atoms with Crippen LogP contribution in [0.2, 0.25) is 0 Å². The van der Waals surface area contributed by atoms with Crippen molar-refractivity contribution in [2.45, 2.75) is 11.3 Å². The van der Waals surface area contributed by atoms with Crippen LogP contribution in [-0.2, 0) is 21.2 Å². The molecule has 6 nitrogen and oxygen atoms in total. The van der Waals surface area contributed by atoms with Crippen LogP contribution >= 0.6 is 15.9 Å². The molecule has 0 amide bonds. The van der Waals surface area contributed by atoms with Crippen molar-refractivity contribution >= 4 is 31.9 Å². The Morgan fingerprint density at radius 3 is 2.42 bits per heavy atom. The van der Waals surface area contributed by atoms with Gasteiger partial charge in [-0.1, -0.05) is 12.1 Å². The highest BCUT2D eigenvalue weighted by molar-refractivity contribution is 9.10. The molecule has 0 aliphatic carbocycles. The van der Waals surface area contributed by atoms with Gasteiger partial charge >= 0.3 is 5.97 Å². The number of hydrogen-bond acceptors (Lipinski definition) is 5. The number of primary sulfonamides is 1. The van der Waals surface area contributed by atoms with Crippen molar-refractivity contribution in [3.63, 3.8) is 0 Å². The molecule has 0 fully saturated rings. The summed E-state index contributed by atoms with van der Waals surface area (Å²) in [5, 5.41) is 5.07. The normalized spacial score (nSPS) is 11.1. The summed E-state index contributed by atoms with van der Waals surface area (Å²) in [4.78, 5) is 12.0. The number of benzene rings is 2. The lowest BCUT2D eigenvalue weighted by atomic mass is 10.1. The molecule has 0 aliphatic rings. The zero-order chi connectivity index (χ0) is 17.7. The van der Waals surface area contributed by atoms with Crippen LogP contribution in [0.15, 0.2) is 51.8 Å². The fourth-order valence-electron chi connectivity index (χ4n) is 1.97. The van der Waals surface area contributed by atoms with E-state index < -0.39 is 16.0 Å². The van der Waals surface area contributed by atoms with Crippen LogP contribution in [0.3, 0.4) is 0 Å². The predicted molar refractivity (Wildman–Crippen MR) is 92.5 cm³/mol. The van der Waals surface area contributed by atoms with E-state index in [4.69, 9.17) is 14.6 Å². The van der Waals surface area contributed by atoms with E-state index in [2.05, 4.69) is 15.9 Å². The molecule has 0 aromatic heterocycles. The molecule has 2 N–H and O–H groups in total. The van der Waals surface area contributed by atoms with Crippen LogP contribution in [0, 0.1) is 0 Å². The first kappa shape index (κ1) is 18.4. The smallest absolute Gasteiger partial charge is 0.339 e. The molecule has 0 aliphatic heterocycles. The van der Waals surface area contributed by atoms with E-state index in [0.717, 1.165) is 11.3 Å². The standard InChI is InChI=1S/C16H16BrNO5S/c1-22-12-4-2-11(3-5-12)8-9-23-16(19)14-10-13(24(18,20)21)6-7-15(14)17/h2-7,10H,8-9H2,1H3,(H2,18,20,21). The van der Waals surface area contributed by atoms with Gasteiger partial charge in [0, 0.05) is 10.9 Å². The van der Waals surface area contributed by atoms with Gasteiger partial charge in [-0.15, -0.1) is 0 Å². The van der Waals surface area contributed by atoms with E-state index in [9.17, 15) is 13.2 Å². The molecule has 0 heterocycles. The topological polar surface area (TPSA) is 95.7 Å². The lowest BCUT2D eigenvalue weighted by Gasteiger charge is -2.08. The molecule has 2 aromatic carbocycles. The molecule has 0 spiro atoms. The van der Waals surface area contributed by atoms with Gasteiger partial charge in [-0.3, -0.25) is 0 Å². The summed E-state index contributed by atoms with van der Waals surface area (Å²) in [7, 11) is -2.30. The number of methoxy groups -OCH3 is 1.